The van der Waals surface area contributed by atoms with Crippen LogP contribution in [-0.2, 0) is 16.0 Å². The molecule has 1 fully saturated rings. The SMILES string of the molecule is O=S1(=O)CCC(CNc2ccc(C(F)(F)F)cc2)C1. The first-order chi connectivity index (χ1) is 8.76. The molecule has 7 heteroatoms. The Bertz CT molecular complexity index is 537. The molecular formula is C12H14F3NO2S. The first kappa shape index (κ1) is 14.2. The van der Waals surface area contributed by atoms with Crippen LogP contribution in [0.3, 0.4) is 0 Å². The molecular weight excluding hydrogens is 279 g/mol. The lowest BCUT2D eigenvalue weighted by molar-refractivity contribution is -0.137. The average Bonchev–Trinajstić information content (AvgIpc) is 2.66. The molecule has 1 N–H and O–H groups in total. The standard InChI is InChI=1S/C12H14F3NO2S/c13-12(14,15)10-1-3-11(4-2-10)16-7-9-5-6-19(17,18)8-9/h1-4,9,16H,5-8H2. The van der Waals surface area contributed by atoms with Crippen molar-refractivity contribution in [3.8, 4) is 0 Å². The zero-order valence-corrected chi connectivity index (χ0v) is 10.9. The minimum absolute atomic E-state index is 0.0345. The minimum Gasteiger partial charge on any atom is -0.385 e. The van der Waals surface area contributed by atoms with Crippen molar-refractivity contribution < 1.29 is 21.6 Å². The zero-order valence-electron chi connectivity index (χ0n) is 10.1. The fraction of sp³-hybridized carbons (Fsp3) is 0.500. The van der Waals surface area contributed by atoms with E-state index in [0.717, 1.165) is 12.1 Å². The fourth-order valence-corrected chi connectivity index (χ4v) is 3.93. The van der Waals surface area contributed by atoms with Crippen molar-refractivity contribution in [3.05, 3.63) is 29.8 Å². The third kappa shape index (κ3) is 3.86. The van der Waals surface area contributed by atoms with Gasteiger partial charge in [-0.15, -0.1) is 0 Å². The van der Waals surface area contributed by atoms with E-state index in [2.05, 4.69) is 5.32 Å². The molecule has 1 saturated heterocycles. The quantitative estimate of drug-likeness (QED) is 0.931. The van der Waals surface area contributed by atoms with Crippen LogP contribution in [0.25, 0.3) is 0 Å². The van der Waals surface area contributed by atoms with Crippen molar-refractivity contribution in [1.82, 2.24) is 0 Å². The van der Waals surface area contributed by atoms with Crippen molar-refractivity contribution in [2.24, 2.45) is 5.92 Å². The molecule has 3 nitrogen and oxygen atoms in total. The van der Waals surface area contributed by atoms with E-state index in [1.54, 1.807) is 0 Å². The number of hydrogen-bond acceptors (Lipinski definition) is 3. The van der Waals surface area contributed by atoms with Gasteiger partial charge in [-0.2, -0.15) is 13.2 Å². The van der Waals surface area contributed by atoms with Crippen molar-refractivity contribution in [2.45, 2.75) is 12.6 Å². The molecule has 0 amide bonds. The molecule has 1 unspecified atom stereocenters. The highest BCUT2D eigenvalue weighted by Gasteiger charge is 2.30. The Hall–Kier alpha value is -1.24. The smallest absolute Gasteiger partial charge is 0.385 e. The third-order valence-corrected chi connectivity index (χ3v) is 4.97. The van der Waals surface area contributed by atoms with Gasteiger partial charge < -0.3 is 5.32 Å². The highest BCUT2D eigenvalue weighted by molar-refractivity contribution is 7.91. The number of rotatable bonds is 3. The molecule has 1 aliphatic heterocycles. The number of anilines is 1. The van der Waals surface area contributed by atoms with E-state index in [9.17, 15) is 21.6 Å². The van der Waals surface area contributed by atoms with Gasteiger partial charge in [-0.25, -0.2) is 8.42 Å². The second-order valence-corrected chi connectivity index (χ2v) is 6.95. The normalized spacial score (nSPS) is 22.4. The van der Waals surface area contributed by atoms with E-state index in [0.29, 0.717) is 18.7 Å². The minimum atomic E-state index is -4.34. The first-order valence-corrected chi connectivity index (χ1v) is 7.70. The summed E-state index contributed by atoms with van der Waals surface area (Å²) in [4.78, 5) is 0. The largest absolute Gasteiger partial charge is 0.416 e. The molecule has 1 atom stereocenters. The van der Waals surface area contributed by atoms with Crippen LogP contribution >= 0.6 is 0 Å². The molecule has 106 valence electrons. The number of halogens is 3. The predicted octanol–water partition coefficient (Wildman–Crippen LogP) is 2.55. The highest BCUT2D eigenvalue weighted by Crippen LogP contribution is 2.30. The van der Waals surface area contributed by atoms with Gasteiger partial charge in [-0.3, -0.25) is 0 Å². The average molecular weight is 293 g/mol. The van der Waals surface area contributed by atoms with E-state index in [1.165, 1.54) is 12.1 Å². The number of hydrogen-bond donors (Lipinski definition) is 1. The van der Waals surface area contributed by atoms with Crippen LogP contribution in [0, 0.1) is 5.92 Å². The van der Waals surface area contributed by atoms with E-state index in [4.69, 9.17) is 0 Å². The monoisotopic (exact) mass is 293 g/mol. The molecule has 2 rings (SSSR count). The molecule has 19 heavy (non-hydrogen) atoms. The summed E-state index contributed by atoms with van der Waals surface area (Å²) in [5.41, 5.74) is -0.126. The summed E-state index contributed by atoms with van der Waals surface area (Å²) >= 11 is 0. The lowest BCUT2D eigenvalue weighted by Gasteiger charge is -2.12. The summed E-state index contributed by atoms with van der Waals surface area (Å²) in [5.74, 6) is 0.389. The highest BCUT2D eigenvalue weighted by atomic mass is 32.2. The third-order valence-electron chi connectivity index (χ3n) is 3.13. The van der Waals surface area contributed by atoms with Crippen LogP contribution in [0.1, 0.15) is 12.0 Å². The molecule has 0 radical (unpaired) electrons. The second-order valence-electron chi connectivity index (χ2n) is 4.73. The van der Waals surface area contributed by atoms with Gasteiger partial charge in [0.05, 0.1) is 17.1 Å². The Balaban J connectivity index is 1.91. The van der Waals surface area contributed by atoms with Gasteiger partial charge in [0.2, 0.25) is 0 Å². The van der Waals surface area contributed by atoms with Gasteiger partial charge in [-0.1, -0.05) is 0 Å². The van der Waals surface area contributed by atoms with Crippen LogP contribution in [0.4, 0.5) is 18.9 Å². The molecule has 1 heterocycles. The number of sulfone groups is 1. The van der Waals surface area contributed by atoms with Gasteiger partial charge in [0, 0.05) is 12.2 Å². The van der Waals surface area contributed by atoms with E-state index < -0.39 is 21.6 Å². The summed E-state index contributed by atoms with van der Waals surface area (Å²) < 4.78 is 59.6. The summed E-state index contributed by atoms with van der Waals surface area (Å²) in [5, 5.41) is 2.97. The predicted molar refractivity (Wildman–Crippen MR) is 66.7 cm³/mol. The maximum absolute atomic E-state index is 12.3. The first-order valence-electron chi connectivity index (χ1n) is 5.88. The summed E-state index contributed by atoms with van der Waals surface area (Å²) in [6.07, 6.45) is -3.73. The van der Waals surface area contributed by atoms with Gasteiger partial charge >= 0.3 is 6.18 Å². The lowest BCUT2D eigenvalue weighted by Crippen LogP contribution is -2.15. The Morgan fingerprint density at radius 2 is 1.84 bits per heavy atom. The summed E-state index contributed by atoms with van der Waals surface area (Å²) in [7, 11) is -2.91. The van der Waals surface area contributed by atoms with Crippen LogP contribution in [0.5, 0.6) is 0 Å². The maximum Gasteiger partial charge on any atom is 0.416 e. The molecule has 0 aromatic heterocycles. The Labute approximate surface area is 109 Å². The summed E-state index contributed by atoms with van der Waals surface area (Å²) in [6, 6.07) is 4.72. The Morgan fingerprint density at radius 3 is 2.32 bits per heavy atom. The van der Waals surface area contributed by atoms with E-state index in [1.807, 2.05) is 0 Å². The molecule has 0 saturated carbocycles. The van der Waals surface area contributed by atoms with Crippen LogP contribution in [-0.4, -0.2) is 26.5 Å². The molecule has 0 bridgehead atoms. The number of alkyl halides is 3. The molecule has 0 spiro atoms. The van der Waals surface area contributed by atoms with Crippen LogP contribution in [0.15, 0.2) is 24.3 Å². The summed E-state index contributed by atoms with van der Waals surface area (Å²) in [6.45, 7) is 0.463. The van der Waals surface area contributed by atoms with E-state index in [-0.39, 0.29) is 17.4 Å². The molecule has 1 aromatic carbocycles. The molecule has 1 aromatic rings. The van der Waals surface area contributed by atoms with Crippen molar-refractivity contribution >= 4 is 15.5 Å². The lowest BCUT2D eigenvalue weighted by atomic mass is 10.1. The Kier molecular flexibility index (Phi) is 3.75. The van der Waals surface area contributed by atoms with Crippen LogP contribution < -0.4 is 5.32 Å². The fourth-order valence-electron chi connectivity index (χ4n) is 2.07. The molecule has 1 aliphatic rings. The maximum atomic E-state index is 12.3. The van der Waals surface area contributed by atoms with Crippen molar-refractivity contribution in [2.75, 3.05) is 23.4 Å². The van der Waals surface area contributed by atoms with Gasteiger partial charge in [-0.05, 0) is 36.6 Å². The van der Waals surface area contributed by atoms with Gasteiger partial charge in [0.1, 0.15) is 0 Å². The van der Waals surface area contributed by atoms with Crippen molar-refractivity contribution in [1.29, 1.82) is 0 Å². The van der Waals surface area contributed by atoms with Gasteiger partial charge in [0.25, 0.3) is 0 Å². The van der Waals surface area contributed by atoms with Gasteiger partial charge in [0.15, 0.2) is 9.84 Å². The number of nitrogens with one attached hydrogen (secondary N) is 1. The zero-order chi connectivity index (χ0) is 14.1. The molecule has 0 aliphatic carbocycles. The topological polar surface area (TPSA) is 46.2 Å². The second kappa shape index (κ2) is 5.03. The van der Waals surface area contributed by atoms with E-state index >= 15 is 0 Å². The number of benzene rings is 1. The van der Waals surface area contributed by atoms with Crippen molar-refractivity contribution in [3.63, 3.8) is 0 Å². The Morgan fingerprint density at radius 1 is 1.21 bits per heavy atom. The van der Waals surface area contributed by atoms with Crippen LogP contribution in [0.2, 0.25) is 0 Å².